The Labute approximate surface area is 121 Å². The molecule has 1 aromatic carbocycles. The molecule has 0 amide bonds. The Morgan fingerprint density at radius 2 is 2.05 bits per heavy atom. The molecule has 0 saturated carbocycles. The second-order valence-electron chi connectivity index (χ2n) is 4.33. The quantitative estimate of drug-likeness (QED) is 0.490. The van der Waals surface area contributed by atoms with Crippen LogP contribution in [0.3, 0.4) is 0 Å². The molecule has 6 nitrogen and oxygen atoms in total. The lowest BCUT2D eigenvalue weighted by Gasteiger charge is -2.08. The van der Waals surface area contributed by atoms with Crippen molar-refractivity contribution in [3.05, 3.63) is 57.0 Å². The van der Waals surface area contributed by atoms with E-state index in [4.69, 9.17) is 4.52 Å². The maximum absolute atomic E-state index is 12.6. The summed E-state index contributed by atoms with van der Waals surface area (Å²) in [6.07, 6.45) is -3.34. The molecule has 0 spiro atoms. The van der Waals surface area contributed by atoms with Gasteiger partial charge in [-0.15, -0.1) is 0 Å². The molecular formula is C13H9F3N2O4. The fourth-order valence-corrected chi connectivity index (χ4v) is 1.90. The molecule has 0 aliphatic rings. The van der Waals surface area contributed by atoms with E-state index in [0.717, 1.165) is 12.3 Å². The SMILES string of the molecule is CCc1oncc1C(=O)c1ccc(C(F)(F)F)cc1[N+](=O)[O-]. The molecule has 0 saturated heterocycles. The first kappa shape index (κ1) is 15.7. The van der Waals surface area contributed by atoms with Gasteiger partial charge in [-0.1, -0.05) is 12.1 Å². The van der Waals surface area contributed by atoms with Crippen LogP contribution < -0.4 is 0 Å². The minimum absolute atomic E-state index is 0.00893. The van der Waals surface area contributed by atoms with Crippen molar-refractivity contribution in [2.45, 2.75) is 19.5 Å². The number of carbonyl (C=O) groups is 1. The summed E-state index contributed by atoms with van der Waals surface area (Å²) in [7, 11) is 0. The second kappa shape index (κ2) is 5.58. The first-order valence-corrected chi connectivity index (χ1v) is 6.09. The average Bonchev–Trinajstić information content (AvgIpc) is 2.93. The lowest BCUT2D eigenvalue weighted by Crippen LogP contribution is -2.10. The Hall–Kier alpha value is -2.71. The number of nitro benzene ring substituents is 1. The third-order valence-electron chi connectivity index (χ3n) is 2.98. The van der Waals surface area contributed by atoms with Crippen molar-refractivity contribution in [2.75, 3.05) is 0 Å². The van der Waals surface area contributed by atoms with Gasteiger partial charge in [0.15, 0.2) is 0 Å². The molecule has 0 fully saturated rings. The first-order valence-electron chi connectivity index (χ1n) is 6.09. The van der Waals surface area contributed by atoms with E-state index < -0.39 is 33.7 Å². The molecule has 1 aromatic heterocycles. The molecule has 9 heteroatoms. The molecule has 0 N–H and O–H groups in total. The highest BCUT2D eigenvalue weighted by atomic mass is 19.4. The van der Waals surface area contributed by atoms with E-state index >= 15 is 0 Å². The molecule has 0 aliphatic carbocycles. The summed E-state index contributed by atoms with van der Waals surface area (Å²) in [4.78, 5) is 22.2. The number of carbonyl (C=O) groups excluding carboxylic acids is 1. The van der Waals surface area contributed by atoms with Crippen LogP contribution in [-0.2, 0) is 12.6 Å². The molecule has 0 aliphatic heterocycles. The summed E-state index contributed by atoms with van der Waals surface area (Å²) < 4.78 is 42.7. The molecule has 0 atom stereocenters. The van der Waals surface area contributed by atoms with Gasteiger partial charge in [0.25, 0.3) is 5.69 Å². The van der Waals surface area contributed by atoms with Crippen molar-refractivity contribution in [2.24, 2.45) is 0 Å². The Bertz CT molecular complexity index is 737. The van der Waals surface area contributed by atoms with Crippen molar-refractivity contribution in [3.8, 4) is 0 Å². The van der Waals surface area contributed by atoms with Gasteiger partial charge in [-0.2, -0.15) is 13.2 Å². The van der Waals surface area contributed by atoms with E-state index in [9.17, 15) is 28.1 Å². The number of benzene rings is 1. The third-order valence-corrected chi connectivity index (χ3v) is 2.98. The van der Waals surface area contributed by atoms with Crippen LogP contribution in [0.2, 0.25) is 0 Å². The number of alkyl halides is 3. The molecule has 116 valence electrons. The number of hydrogen-bond donors (Lipinski definition) is 0. The molecule has 22 heavy (non-hydrogen) atoms. The highest BCUT2D eigenvalue weighted by Gasteiger charge is 2.34. The minimum Gasteiger partial charge on any atom is -0.361 e. The summed E-state index contributed by atoms with van der Waals surface area (Å²) in [6, 6.07) is 1.75. The maximum atomic E-state index is 12.6. The zero-order valence-electron chi connectivity index (χ0n) is 11.2. The number of nitrogens with zero attached hydrogens (tertiary/aromatic N) is 2. The number of halogens is 3. The molecule has 1 heterocycles. The summed E-state index contributed by atoms with van der Waals surface area (Å²) in [5.74, 6) is -0.599. The van der Waals surface area contributed by atoms with Crippen molar-refractivity contribution in [1.29, 1.82) is 0 Å². The van der Waals surface area contributed by atoms with Gasteiger partial charge in [0.05, 0.1) is 22.2 Å². The number of rotatable bonds is 4. The monoisotopic (exact) mass is 314 g/mol. The van der Waals surface area contributed by atoms with Gasteiger partial charge in [-0.25, -0.2) is 0 Å². The summed E-state index contributed by atoms with van der Waals surface area (Å²) >= 11 is 0. The zero-order valence-corrected chi connectivity index (χ0v) is 11.2. The van der Waals surface area contributed by atoms with Crippen molar-refractivity contribution >= 4 is 11.5 Å². The number of ketones is 1. The fourth-order valence-electron chi connectivity index (χ4n) is 1.90. The van der Waals surface area contributed by atoms with Crippen molar-refractivity contribution in [3.63, 3.8) is 0 Å². The van der Waals surface area contributed by atoms with Crippen LogP contribution in [0.25, 0.3) is 0 Å². The van der Waals surface area contributed by atoms with Crippen LogP contribution in [0, 0.1) is 10.1 Å². The van der Waals surface area contributed by atoms with E-state index in [1.807, 2.05) is 0 Å². The van der Waals surface area contributed by atoms with Crippen molar-refractivity contribution < 1.29 is 27.4 Å². The van der Waals surface area contributed by atoms with Gasteiger partial charge in [0, 0.05) is 12.5 Å². The summed E-state index contributed by atoms with van der Waals surface area (Å²) in [5.41, 5.74) is -2.57. The van der Waals surface area contributed by atoms with Gasteiger partial charge in [-0.05, 0) is 12.1 Å². The van der Waals surface area contributed by atoms with E-state index in [-0.39, 0.29) is 11.3 Å². The first-order chi connectivity index (χ1) is 10.3. The molecule has 0 bridgehead atoms. The Morgan fingerprint density at radius 3 is 2.59 bits per heavy atom. The molecule has 0 radical (unpaired) electrons. The largest absolute Gasteiger partial charge is 0.416 e. The number of nitro groups is 1. The van der Waals surface area contributed by atoms with Crippen LogP contribution in [0.15, 0.2) is 28.9 Å². The maximum Gasteiger partial charge on any atom is 0.416 e. The minimum atomic E-state index is -4.74. The van der Waals surface area contributed by atoms with Gasteiger partial charge in [0.2, 0.25) is 5.78 Å². The molecular weight excluding hydrogens is 305 g/mol. The van der Waals surface area contributed by atoms with Crippen LogP contribution in [0.4, 0.5) is 18.9 Å². The second-order valence-corrected chi connectivity index (χ2v) is 4.33. The molecule has 0 unspecified atom stereocenters. The fraction of sp³-hybridized carbons (Fsp3) is 0.231. The topological polar surface area (TPSA) is 86.2 Å². The Balaban J connectivity index is 2.56. The average molecular weight is 314 g/mol. The smallest absolute Gasteiger partial charge is 0.361 e. The molecule has 2 rings (SSSR count). The number of aromatic nitrogens is 1. The van der Waals surface area contributed by atoms with E-state index in [1.54, 1.807) is 6.92 Å². The van der Waals surface area contributed by atoms with Gasteiger partial charge < -0.3 is 4.52 Å². The van der Waals surface area contributed by atoms with Gasteiger partial charge in [0.1, 0.15) is 11.3 Å². The Morgan fingerprint density at radius 1 is 1.36 bits per heavy atom. The lowest BCUT2D eigenvalue weighted by atomic mass is 10.00. The summed E-state index contributed by atoms with van der Waals surface area (Å²) in [6.45, 7) is 1.68. The number of aryl methyl sites for hydroxylation is 1. The van der Waals surface area contributed by atoms with Crippen LogP contribution in [0.5, 0.6) is 0 Å². The van der Waals surface area contributed by atoms with E-state index in [1.165, 1.54) is 0 Å². The van der Waals surface area contributed by atoms with Crippen molar-refractivity contribution in [1.82, 2.24) is 5.16 Å². The third kappa shape index (κ3) is 2.83. The Kier molecular flexibility index (Phi) is 3.98. The van der Waals surface area contributed by atoms with E-state index in [0.29, 0.717) is 18.6 Å². The molecule has 2 aromatic rings. The lowest BCUT2D eigenvalue weighted by molar-refractivity contribution is -0.385. The predicted molar refractivity (Wildman–Crippen MR) is 67.4 cm³/mol. The highest BCUT2D eigenvalue weighted by Crippen LogP contribution is 2.33. The highest BCUT2D eigenvalue weighted by molar-refractivity contribution is 6.11. The number of hydrogen-bond acceptors (Lipinski definition) is 5. The van der Waals surface area contributed by atoms with Crippen LogP contribution in [0.1, 0.15) is 34.2 Å². The van der Waals surface area contributed by atoms with Gasteiger partial charge in [-0.3, -0.25) is 14.9 Å². The summed E-state index contributed by atoms with van der Waals surface area (Å²) in [5, 5.41) is 14.4. The van der Waals surface area contributed by atoms with Gasteiger partial charge >= 0.3 is 6.18 Å². The van der Waals surface area contributed by atoms with Crippen LogP contribution >= 0.6 is 0 Å². The van der Waals surface area contributed by atoms with E-state index in [2.05, 4.69) is 5.16 Å². The van der Waals surface area contributed by atoms with Crippen LogP contribution in [-0.4, -0.2) is 15.9 Å². The normalized spacial score (nSPS) is 11.5. The zero-order chi connectivity index (χ0) is 16.5. The predicted octanol–water partition coefficient (Wildman–Crippen LogP) is 3.40. The standard InChI is InChI=1S/C13H9F3N2O4/c1-2-11-9(6-17-22-11)12(19)8-4-3-7(13(14,15)16)5-10(8)18(20)21/h3-6H,2H2,1H3.